The summed E-state index contributed by atoms with van der Waals surface area (Å²) in [5.41, 5.74) is -2.33. The largest absolute Gasteiger partial charge is 0.301 e. The fraction of sp³-hybridized carbons (Fsp3) is 0.600. The Hall–Kier alpha value is -0.280. The molecular formula is C5H10O9PS3+. The monoisotopic (exact) mass is 341 g/mol. The van der Waals surface area contributed by atoms with Gasteiger partial charge < -0.3 is 0 Å². The molecule has 3 N–H and O–H groups in total. The van der Waals surface area contributed by atoms with Crippen LogP contribution in [0, 0.1) is 12.1 Å². The second-order valence-electron chi connectivity index (χ2n) is 3.41. The summed E-state index contributed by atoms with van der Waals surface area (Å²) in [4.78, 5) is 0. The quantitative estimate of drug-likeness (QED) is 0.316. The molecular weight excluding hydrogens is 331 g/mol. The van der Waals surface area contributed by atoms with Crippen LogP contribution in [0.2, 0.25) is 0 Å². The van der Waals surface area contributed by atoms with Crippen LogP contribution >= 0.6 is 7.26 Å². The molecule has 0 saturated carbocycles. The molecule has 0 rings (SSSR count). The van der Waals surface area contributed by atoms with Crippen molar-refractivity contribution in [1.82, 2.24) is 0 Å². The summed E-state index contributed by atoms with van der Waals surface area (Å²) in [7, 11) is -18.2. The Morgan fingerprint density at radius 2 is 1.00 bits per heavy atom. The van der Waals surface area contributed by atoms with Crippen molar-refractivity contribution in [3.63, 3.8) is 0 Å². The Bertz CT molecular complexity index is 566. The molecule has 0 bridgehead atoms. The molecule has 0 radical (unpaired) electrons. The Balaban J connectivity index is 5.72. The lowest BCUT2D eigenvalue weighted by molar-refractivity contribution is 0.488. The molecule has 18 heavy (non-hydrogen) atoms. The Labute approximate surface area is 105 Å². The van der Waals surface area contributed by atoms with Gasteiger partial charge in [0, 0.05) is 0 Å². The Morgan fingerprint density at radius 3 is 1.11 bits per heavy atom. The number of hydrogen-bond donors (Lipinski definition) is 3. The minimum Gasteiger partial charge on any atom is -0.283 e. The molecule has 0 aromatic carbocycles. The maximum Gasteiger partial charge on any atom is 0.301 e. The van der Waals surface area contributed by atoms with Crippen molar-refractivity contribution >= 4 is 37.6 Å². The highest BCUT2D eigenvalue weighted by atomic mass is 32.2. The predicted molar refractivity (Wildman–Crippen MR) is 65.0 cm³/mol. The second-order valence-corrected chi connectivity index (χ2v) is 12.5. The van der Waals surface area contributed by atoms with E-state index in [2.05, 4.69) is 0 Å². The van der Waals surface area contributed by atoms with E-state index in [4.69, 9.17) is 20.1 Å². The standard InChI is InChI=1S/C5H9O9PS3/c1-2-15(3-16(6,7)8,4-17(9,10)11)5-18(12,13)14/h1H,3-5H2,(H2-,6,7,8,9,10,11,12,13,14)/p+1. The molecule has 0 saturated heterocycles. The second kappa shape index (κ2) is 5.38. The van der Waals surface area contributed by atoms with Gasteiger partial charge in [0.1, 0.15) is 7.26 Å². The van der Waals surface area contributed by atoms with Crippen LogP contribution in [0.15, 0.2) is 0 Å². The van der Waals surface area contributed by atoms with E-state index in [0.29, 0.717) is 0 Å². The summed E-state index contributed by atoms with van der Waals surface area (Å²) < 4.78 is 90.2. The number of rotatable bonds is 6. The highest BCUT2D eigenvalue weighted by Crippen LogP contribution is 2.60. The van der Waals surface area contributed by atoms with Crippen LogP contribution in [0.1, 0.15) is 0 Å². The molecule has 0 aliphatic rings. The third-order valence-electron chi connectivity index (χ3n) is 1.50. The van der Waals surface area contributed by atoms with Crippen molar-refractivity contribution in [1.29, 1.82) is 0 Å². The van der Waals surface area contributed by atoms with Gasteiger partial charge in [-0.1, -0.05) is 6.42 Å². The van der Waals surface area contributed by atoms with Gasteiger partial charge in [0.15, 0.2) is 16.5 Å². The zero-order chi connectivity index (χ0) is 14.8. The van der Waals surface area contributed by atoms with E-state index in [9.17, 15) is 25.3 Å². The topological polar surface area (TPSA) is 163 Å². The van der Waals surface area contributed by atoms with Gasteiger partial charge in [-0.05, 0) is 0 Å². The molecule has 0 aliphatic heterocycles. The first-order valence-electron chi connectivity index (χ1n) is 3.87. The van der Waals surface area contributed by atoms with Gasteiger partial charge in [-0.2, -0.15) is 25.3 Å². The first-order valence-corrected chi connectivity index (χ1v) is 11.0. The average Bonchev–Trinajstić information content (AvgIpc) is 1.93. The summed E-state index contributed by atoms with van der Waals surface area (Å²) in [6.07, 6.45) is 4.90. The third-order valence-corrected chi connectivity index (χ3v) is 11.9. The van der Waals surface area contributed by atoms with Gasteiger partial charge in [0.2, 0.25) is 0 Å². The van der Waals surface area contributed by atoms with Crippen molar-refractivity contribution < 1.29 is 38.9 Å². The normalized spacial score (nSPS) is 14.1. The van der Waals surface area contributed by atoms with Crippen LogP contribution in [0.25, 0.3) is 0 Å². The van der Waals surface area contributed by atoms with Crippen molar-refractivity contribution in [2.24, 2.45) is 0 Å². The van der Waals surface area contributed by atoms with Crippen LogP contribution < -0.4 is 0 Å². The zero-order valence-corrected chi connectivity index (χ0v) is 12.0. The summed E-state index contributed by atoms with van der Waals surface area (Å²) in [6, 6.07) is 0. The number of terminal acetylenes is 1. The van der Waals surface area contributed by atoms with Gasteiger partial charge in [0.25, 0.3) is 0 Å². The molecule has 0 heterocycles. The van der Waals surface area contributed by atoms with Gasteiger partial charge in [-0.25, -0.2) is 0 Å². The lowest BCUT2D eigenvalue weighted by atomic mass is 11.4. The average molecular weight is 341 g/mol. The first-order chi connectivity index (χ1) is 7.68. The summed E-state index contributed by atoms with van der Waals surface area (Å²) in [5.74, 6) is 0. The molecule has 0 spiro atoms. The minimum atomic E-state index is -4.78. The van der Waals surface area contributed by atoms with E-state index in [-0.39, 0.29) is 0 Å². The first kappa shape index (κ1) is 17.7. The Morgan fingerprint density at radius 1 is 0.778 bits per heavy atom. The molecule has 13 heteroatoms. The van der Waals surface area contributed by atoms with Crippen LogP contribution in [0.5, 0.6) is 0 Å². The fourth-order valence-corrected chi connectivity index (χ4v) is 12.5. The predicted octanol–water partition coefficient (Wildman–Crippen LogP) is -0.869. The highest BCUT2D eigenvalue weighted by Gasteiger charge is 2.49. The van der Waals surface area contributed by atoms with Crippen molar-refractivity contribution in [3.8, 4) is 12.1 Å². The maximum absolute atomic E-state index is 10.7. The van der Waals surface area contributed by atoms with E-state index in [0.717, 1.165) is 0 Å². The van der Waals surface area contributed by atoms with Crippen LogP contribution in [-0.2, 0) is 30.4 Å². The maximum atomic E-state index is 10.7. The van der Waals surface area contributed by atoms with E-state index in [1.54, 1.807) is 5.66 Å². The third kappa shape index (κ3) is 7.93. The molecule has 0 aromatic heterocycles. The smallest absolute Gasteiger partial charge is 0.283 e. The lowest BCUT2D eigenvalue weighted by Crippen LogP contribution is -2.22. The molecule has 106 valence electrons. The SMILES string of the molecule is C#C[P+](CS(=O)(=O)O)(CS(=O)(=O)O)CS(=O)(=O)O. The van der Waals surface area contributed by atoms with Crippen LogP contribution in [0.4, 0.5) is 0 Å². The number of hydrogen-bond acceptors (Lipinski definition) is 6. The Kier molecular flexibility index (Phi) is 5.29. The van der Waals surface area contributed by atoms with Crippen molar-refractivity contribution in [2.45, 2.75) is 0 Å². The molecule has 0 amide bonds. The zero-order valence-electron chi connectivity index (χ0n) is 8.66. The molecule has 0 fully saturated rings. The summed E-state index contributed by atoms with van der Waals surface area (Å²) >= 11 is 0. The van der Waals surface area contributed by atoms with E-state index in [1.165, 1.54) is 0 Å². The highest BCUT2D eigenvalue weighted by molar-refractivity contribution is 8.11. The lowest BCUT2D eigenvalue weighted by Gasteiger charge is -2.16. The summed E-state index contributed by atoms with van der Waals surface area (Å²) in [6.45, 7) is 0. The van der Waals surface area contributed by atoms with E-state index in [1.807, 2.05) is 0 Å². The molecule has 0 unspecified atom stereocenters. The molecule has 0 atom stereocenters. The van der Waals surface area contributed by atoms with Gasteiger partial charge in [-0.3, -0.25) is 13.7 Å². The van der Waals surface area contributed by atoms with Gasteiger partial charge in [0.05, 0.1) is 5.66 Å². The van der Waals surface area contributed by atoms with Crippen LogP contribution in [-0.4, -0.2) is 55.4 Å². The minimum absolute atomic E-state index is 1.34. The molecule has 0 aromatic rings. The van der Waals surface area contributed by atoms with Gasteiger partial charge in [-0.15, -0.1) is 0 Å². The van der Waals surface area contributed by atoms with Gasteiger partial charge >= 0.3 is 30.4 Å². The van der Waals surface area contributed by atoms with E-state index < -0.39 is 54.1 Å². The van der Waals surface area contributed by atoms with Crippen LogP contribution in [0.3, 0.4) is 0 Å². The van der Waals surface area contributed by atoms with E-state index >= 15 is 0 Å². The molecule has 9 nitrogen and oxygen atoms in total. The van der Waals surface area contributed by atoms with Crippen molar-refractivity contribution in [3.05, 3.63) is 0 Å². The summed E-state index contributed by atoms with van der Waals surface area (Å²) in [5, 5.41) is 0. The fourth-order valence-electron chi connectivity index (χ4n) is 1.16. The molecule has 0 aliphatic carbocycles. The van der Waals surface area contributed by atoms with Crippen molar-refractivity contribution in [2.75, 3.05) is 16.5 Å².